The molecule has 68 heavy (non-hydrogen) atoms. The van der Waals surface area contributed by atoms with E-state index in [-0.39, 0.29) is 121 Å². The predicted octanol–water partition coefficient (Wildman–Crippen LogP) is 10.9. The molecule has 0 bridgehead atoms. The zero-order chi connectivity index (χ0) is 50.0. The fourth-order valence-corrected chi connectivity index (χ4v) is 12.8. The maximum absolute atomic E-state index is 6.89. The predicted molar refractivity (Wildman–Crippen MR) is 264 cm³/mol. The van der Waals surface area contributed by atoms with E-state index < -0.39 is 6.29 Å². The Hall–Kier alpha value is -0.480. The van der Waals surface area contributed by atoms with E-state index in [0.29, 0.717) is 86.3 Å². The van der Waals surface area contributed by atoms with Gasteiger partial charge in [-0.25, -0.2) is 0 Å². The van der Waals surface area contributed by atoms with Crippen LogP contribution in [-0.4, -0.2) is 115 Å². The van der Waals surface area contributed by atoms with Crippen LogP contribution in [-0.2, 0) is 56.8 Å². The lowest BCUT2D eigenvalue weighted by Crippen LogP contribution is -2.54. The van der Waals surface area contributed by atoms with Crippen molar-refractivity contribution in [2.24, 2.45) is 107 Å². The van der Waals surface area contributed by atoms with E-state index in [2.05, 4.69) is 132 Å². The largest absolute Gasteiger partial charge is 0.356 e. The van der Waals surface area contributed by atoms with Gasteiger partial charge in [0.2, 0.25) is 0 Å². The van der Waals surface area contributed by atoms with Crippen molar-refractivity contribution in [3.05, 3.63) is 0 Å². The fraction of sp³-hybridized carbons (Fsp3) is 1.00. The van der Waals surface area contributed by atoms with E-state index in [9.17, 15) is 0 Å². The number of hydrogen-bond donors (Lipinski definition) is 0. The Morgan fingerprint density at radius 3 is 1.16 bits per heavy atom. The molecule has 6 aliphatic rings. The van der Waals surface area contributed by atoms with Crippen LogP contribution in [0.5, 0.6) is 0 Å². The minimum atomic E-state index is -0.398. The van der Waals surface area contributed by atoms with Gasteiger partial charge in [0, 0.05) is 54.5 Å². The van der Waals surface area contributed by atoms with Crippen LogP contribution < -0.4 is 0 Å². The molecule has 6 rings (SSSR count). The van der Waals surface area contributed by atoms with E-state index in [1.807, 2.05) is 0 Å². The molecule has 6 heterocycles. The van der Waals surface area contributed by atoms with Crippen molar-refractivity contribution in [2.45, 2.75) is 212 Å². The maximum Gasteiger partial charge on any atom is 0.160 e. The molecule has 0 N–H and O–H groups in total. The Morgan fingerprint density at radius 1 is 0.265 bits per heavy atom. The first-order chi connectivity index (χ1) is 32.1. The van der Waals surface area contributed by atoms with Gasteiger partial charge in [-0.1, -0.05) is 111 Å². The van der Waals surface area contributed by atoms with Crippen LogP contribution >= 0.6 is 0 Å². The van der Waals surface area contributed by atoms with E-state index in [1.54, 1.807) is 7.11 Å². The van der Waals surface area contributed by atoms with Gasteiger partial charge in [0.15, 0.2) is 37.7 Å². The van der Waals surface area contributed by atoms with Crippen LogP contribution in [0.4, 0.5) is 0 Å². The van der Waals surface area contributed by atoms with Gasteiger partial charge in [-0.05, 0) is 86.4 Å². The van der Waals surface area contributed by atoms with Gasteiger partial charge in [-0.2, -0.15) is 0 Å². The Morgan fingerprint density at radius 2 is 0.618 bits per heavy atom. The van der Waals surface area contributed by atoms with Crippen molar-refractivity contribution in [3.8, 4) is 0 Å². The van der Waals surface area contributed by atoms with Crippen LogP contribution in [0.2, 0.25) is 0 Å². The first kappa shape index (κ1) is 56.8. The number of hydrogen-bond acceptors (Lipinski definition) is 12. The van der Waals surface area contributed by atoms with Crippen LogP contribution in [0.15, 0.2) is 0 Å². The standard InChI is InChI=1S/C56H102O12/c1-21-48-33(8)28(3)36(11)54(66-48)61-25-49-34(9)29(4)37(12)55(67-49)62-26-50-47(32(7)38(13)51(57-20)68-50)24-60-56-41(16)45(40(15)43(18)64-56)22-58-53-39(14)31(6)46(44(19)65-53)23-59-52-35(10)27(2)30(5)42(17)63-52/h27-56H,21-26H2,1-20H3/t27-,28+,29+,30-,31+,32-,33+,34+,35?,36?,37?,38?,39?,40-,41?,42?,43?,44?,45+,46-,47+,48?,49?,50?,51+,52+,53+,54+,55+,56+/m0/s1. The van der Waals surface area contributed by atoms with E-state index in [4.69, 9.17) is 56.8 Å². The molecule has 6 aliphatic heterocycles. The molecule has 0 amide bonds. The summed E-state index contributed by atoms with van der Waals surface area (Å²) >= 11 is 0. The summed E-state index contributed by atoms with van der Waals surface area (Å²) < 4.78 is 79.2. The van der Waals surface area contributed by atoms with Crippen molar-refractivity contribution < 1.29 is 56.8 Å². The van der Waals surface area contributed by atoms with Crippen molar-refractivity contribution in [1.29, 1.82) is 0 Å². The summed E-state index contributed by atoms with van der Waals surface area (Å²) in [6.07, 6.45) is -0.847. The first-order valence-corrected chi connectivity index (χ1v) is 27.6. The van der Waals surface area contributed by atoms with Crippen LogP contribution in [0.1, 0.15) is 138 Å². The number of rotatable bonds is 17. The minimum absolute atomic E-state index is 0.00168. The molecule has 30 atom stereocenters. The Labute approximate surface area is 414 Å². The molecule has 6 saturated heterocycles. The number of methoxy groups -OCH3 is 1. The van der Waals surface area contributed by atoms with Crippen molar-refractivity contribution >= 4 is 0 Å². The normalized spacial score (nSPS) is 52.8. The first-order valence-electron chi connectivity index (χ1n) is 27.6. The molecule has 12 unspecified atom stereocenters. The highest BCUT2D eigenvalue weighted by molar-refractivity contribution is 4.91. The summed E-state index contributed by atoms with van der Waals surface area (Å²) in [7, 11) is 1.73. The molecule has 12 nitrogen and oxygen atoms in total. The smallest absolute Gasteiger partial charge is 0.160 e. The molecule has 0 radical (unpaired) electrons. The second-order valence-corrected chi connectivity index (χ2v) is 23.9. The fourth-order valence-electron chi connectivity index (χ4n) is 12.8. The summed E-state index contributed by atoms with van der Waals surface area (Å²) in [5.41, 5.74) is 0. The van der Waals surface area contributed by atoms with Gasteiger partial charge in [0.05, 0.1) is 69.7 Å². The lowest BCUT2D eigenvalue weighted by molar-refractivity contribution is -0.311. The second kappa shape index (κ2) is 24.7. The Bertz CT molecular complexity index is 1500. The summed E-state index contributed by atoms with van der Waals surface area (Å²) in [5, 5.41) is 0. The summed E-state index contributed by atoms with van der Waals surface area (Å²) in [6, 6.07) is 0. The molecule has 6 fully saturated rings. The van der Waals surface area contributed by atoms with Gasteiger partial charge in [-0.15, -0.1) is 0 Å². The average Bonchev–Trinajstić information content (AvgIpc) is 3.31. The molecule has 0 aromatic carbocycles. The highest BCUT2D eigenvalue weighted by Gasteiger charge is 2.49. The third-order valence-corrected chi connectivity index (χ3v) is 20.5. The highest BCUT2D eigenvalue weighted by atomic mass is 16.7. The van der Waals surface area contributed by atoms with E-state index in [0.717, 1.165) is 6.42 Å². The van der Waals surface area contributed by atoms with Gasteiger partial charge in [0.1, 0.15) is 0 Å². The van der Waals surface area contributed by atoms with Crippen LogP contribution in [0.25, 0.3) is 0 Å². The molecule has 0 aliphatic carbocycles. The van der Waals surface area contributed by atoms with Gasteiger partial charge in [-0.3, -0.25) is 0 Å². The van der Waals surface area contributed by atoms with Crippen LogP contribution in [0.3, 0.4) is 0 Å². The molecule has 0 aromatic rings. The maximum atomic E-state index is 6.89. The van der Waals surface area contributed by atoms with E-state index in [1.165, 1.54) is 0 Å². The molecular formula is C56H102O12. The zero-order valence-corrected chi connectivity index (χ0v) is 46.5. The topological polar surface area (TPSA) is 111 Å². The Balaban J connectivity index is 1.04. The van der Waals surface area contributed by atoms with Gasteiger partial charge in [0.25, 0.3) is 0 Å². The molecular weight excluding hydrogens is 865 g/mol. The minimum Gasteiger partial charge on any atom is -0.356 e. The zero-order valence-electron chi connectivity index (χ0n) is 46.5. The molecule has 0 spiro atoms. The molecule has 12 heteroatoms. The van der Waals surface area contributed by atoms with Crippen molar-refractivity contribution in [2.75, 3.05) is 40.1 Å². The highest BCUT2D eigenvalue weighted by Crippen LogP contribution is 2.44. The lowest BCUT2D eigenvalue weighted by Gasteiger charge is -2.48. The van der Waals surface area contributed by atoms with Crippen molar-refractivity contribution in [1.82, 2.24) is 0 Å². The monoisotopic (exact) mass is 967 g/mol. The molecule has 398 valence electrons. The summed E-state index contributed by atoms with van der Waals surface area (Å²) in [4.78, 5) is 0. The lowest BCUT2D eigenvalue weighted by atomic mass is 9.77. The van der Waals surface area contributed by atoms with Crippen LogP contribution in [0, 0.1) is 107 Å². The summed E-state index contributed by atoms with van der Waals surface area (Å²) in [6.45, 7) is 45.4. The van der Waals surface area contributed by atoms with E-state index >= 15 is 0 Å². The van der Waals surface area contributed by atoms with Gasteiger partial charge < -0.3 is 56.8 Å². The third kappa shape index (κ3) is 12.4. The summed E-state index contributed by atoms with van der Waals surface area (Å²) in [5.74, 6) is 5.46. The van der Waals surface area contributed by atoms with Gasteiger partial charge >= 0.3 is 0 Å². The second-order valence-electron chi connectivity index (χ2n) is 23.9. The number of ether oxygens (including phenoxy) is 12. The average molecular weight is 967 g/mol. The molecule has 0 saturated carbocycles. The van der Waals surface area contributed by atoms with Crippen molar-refractivity contribution in [3.63, 3.8) is 0 Å². The third-order valence-electron chi connectivity index (χ3n) is 20.5. The SMILES string of the molecule is CCC1O[C@@H](OCC2O[C@@H](OCC3O[C@@H](OC)C(C)[C@H](C)[C@H]3CO[C@@H]3OC(C)[C@H](C)[C@@H](CO[C@@H]4OC(C)[C@@H](CO[C@@H]5OC(C)[C@@H](C)[C@H](C)C5C)[C@H](C)C4C)C3C)C(C)[C@H](C)[C@H]2C)C(C)[C@H](C)[C@H]1C. The quantitative estimate of drug-likeness (QED) is 0.138. The Kier molecular flexibility index (Phi) is 20.6. The molecule has 0 aromatic heterocycles.